The molecule has 0 atom stereocenters. The molecule has 1 aliphatic rings. The van der Waals surface area contributed by atoms with E-state index >= 15 is 0 Å². The Morgan fingerprint density at radius 3 is 2.66 bits per heavy atom. The molecule has 0 spiro atoms. The number of anilines is 2. The minimum absolute atomic E-state index is 0.164. The molecule has 1 saturated heterocycles. The van der Waals surface area contributed by atoms with Gasteiger partial charge in [0.2, 0.25) is 0 Å². The van der Waals surface area contributed by atoms with Gasteiger partial charge in [0.05, 0.1) is 38.1 Å². The maximum atomic E-state index is 14.1. The lowest BCUT2D eigenvalue weighted by molar-refractivity contribution is -0.914. The number of benzene rings is 1. The first-order chi connectivity index (χ1) is 14.0. The molecule has 1 amide bonds. The molecule has 2 aromatic heterocycles. The number of aryl methyl sites for hydroxylation is 1. The van der Waals surface area contributed by atoms with E-state index in [1.807, 2.05) is 12.1 Å². The standard InChI is InChI=1S/C22H24FN3O2S/c1-15-16(2)29-22(24-21(27)20-8-5-13-28-20)17(15)14-25-9-11-26(12-10-25)19-7-4-3-6-18(19)23/h3-8,13H,9-12,14H2,1-2H3,(H,24,27)/p+1. The molecule has 0 saturated carbocycles. The van der Waals surface area contributed by atoms with Crippen LogP contribution in [-0.4, -0.2) is 32.1 Å². The Morgan fingerprint density at radius 1 is 1.21 bits per heavy atom. The molecule has 152 valence electrons. The zero-order valence-electron chi connectivity index (χ0n) is 16.6. The van der Waals surface area contributed by atoms with Gasteiger partial charge in [-0.25, -0.2) is 4.39 Å². The van der Waals surface area contributed by atoms with Gasteiger partial charge in [-0.05, 0) is 43.7 Å². The van der Waals surface area contributed by atoms with Crippen molar-refractivity contribution >= 4 is 27.9 Å². The first kappa shape index (κ1) is 19.7. The van der Waals surface area contributed by atoms with E-state index < -0.39 is 0 Å². The highest BCUT2D eigenvalue weighted by molar-refractivity contribution is 7.16. The molecular formula is C22H25FN3O2S+. The second-order valence-corrected chi connectivity index (χ2v) is 8.61. The van der Waals surface area contributed by atoms with Gasteiger partial charge >= 0.3 is 0 Å². The van der Waals surface area contributed by atoms with Gasteiger partial charge < -0.3 is 19.5 Å². The summed E-state index contributed by atoms with van der Waals surface area (Å²) in [4.78, 5) is 17.2. The number of rotatable bonds is 5. The third-order valence-electron chi connectivity index (χ3n) is 5.57. The van der Waals surface area contributed by atoms with E-state index in [1.54, 1.807) is 29.5 Å². The van der Waals surface area contributed by atoms with Gasteiger partial charge in [0.1, 0.15) is 17.4 Å². The van der Waals surface area contributed by atoms with Crippen LogP contribution in [0, 0.1) is 19.7 Å². The van der Waals surface area contributed by atoms with Crippen LogP contribution in [0.1, 0.15) is 26.6 Å². The van der Waals surface area contributed by atoms with E-state index in [1.165, 1.54) is 33.2 Å². The Labute approximate surface area is 173 Å². The zero-order chi connectivity index (χ0) is 20.4. The lowest BCUT2D eigenvalue weighted by atomic mass is 10.1. The minimum atomic E-state index is -0.225. The molecule has 1 aliphatic heterocycles. The highest BCUT2D eigenvalue weighted by atomic mass is 32.1. The number of amides is 1. The number of thiophene rings is 1. The van der Waals surface area contributed by atoms with Crippen molar-refractivity contribution < 1.29 is 18.5 Å². The first-order valence-electron chi connectivity index (χ1n) is 9.79. The molecule has 0 unspecified atom stereocenters. The van der Waals surface area contributed by atoms with Crippen molar-refractivity contribution in [3.8, 4) is 0 Å². The summed E-state index contributed by atoms with van der Waals surface area (Å²) in [5, 5.41) is 3.91. The van der Waals surface area contributed by atoms with Crippen LogP contribution in [0.25, 0.3) is 0 Å². The van der Waals surface area contributed by atoms with Crippen LogP contribution in [0.4, 0.5) is 15.1 Å². The van der Waals surface area contributed by atoms with Gasteiger partial charge in [-0.1, -0.05) is 12.1 Å². The average molecular weight is 415 g/mol. The number of hydrogen-bond acceptors (Lipinski definition) is 4. The number of carbonyl (C=O) groups is 1. The summed E-state index contributed by atoms with van der Waals surface area (Å²) in [5.41, 5.74) is 3.09. The van der Waals surface area contributed by atoms with Gasteiger partial charge in [0.25, 0.3) is 5.91 Å². The van der Waals surface area contributed by atoms with Crippen molar-refractivity contribution in [2.45, 2.75) is 20.4 Å². The molecule has 5 nitrogen and oxygen atoms in total. The summed E-state index contributed by atoms with van der Waals surface area (Å²) >= 11 is 1.61. The maximum Gasteiger partial charge on any atom is 0.291 e. The Kier molecular flexibility index (Phi) is 5.69. The fourth-order valence-corrected chi connectivity index (χ4v) is 4.83. The summed E-state index contributed by atoms with van der Waals surface area (Å²) in [6.07, 6.45) is 1.50. The lowest BCUT2D eigenvalue weighted by Crippen LogP contribution is -3.13. The molecule has 4 rings (SSSR count). The fraction of sp³-hybridized carbons (Fsp3) is 0.318. The van der Waals surface area contributed by atoms with E-state index in [4.69, 9.17) is 4.42 Å². The monoisotopic (exact) mass is 414 g/mol. The number of piperazine rings is 1. The fourth-order valence-electron chi connectivity index (χ4n) is 3.76. The highest BCUT2D eigenvalue weighted by Crippen LogP contribution is 2.32. The zero-order valence-corrected chi connectivity index (χ0v) is 17.4. The predicted octanol–water partition coefficient (Wildman–Crippen LogP) is 3.25. The number of para-hydroxylation sites is 1. The summed E-state index contributed by atoms with van der Waals surface area (Å²) < 4.78 is 19.3. The molecule has 1 fully saturated rings. The van der Waals surface area contributed by atoms with E-state index in [2.05, 4.69) is 24.1 Å². The summed E-state index contributed by atoms with van der Waals surface area (Å²) in [7, 11) is 0. The van der Waals surface area contributed by atoms with E-state index in [0.717, 1.165) is 37.7 Å². The average Bonchev–Trinajstić information content (AvgIpc) is 3.34. The SMILES string of the molecule is Cc1sc(NC(=O)c2ccco2)c(C[NH+]2CCN(c3ccccc3F)CC2)c1C. The number of hydrogen-bond donors (Lipinski definition) is 2. The smallest absolute Gasteiger partial charge is 0.291 e. The normalized spacial score (nSPS) is 14.9. The van der Waals surface area contributed by atoms with Crippen LogP contribution < -0.4 is 15.1 Å². The predicted molar refractivity (Wildman–Crippen MR) is 113 cm³/mol. The lowest BCUT2D eigenvalue weighted by Gasteiger charge is -2.34. The quantitative estimate of drug-likeness (QED) is 0.674. The molecule has 3 aromatic rings. The molecule has 0 aliphatic carbocycles. The van der Waals surface area contributed by atoms with E-state index in [-0.39, 0.29) is 11.7 Å². The molecule has 2 N–H and O–H groups in total. The number of halogens is 1. The third kappa shape index (κ3) is 4.21. The summed E-state index contributed by atoms with van der Waals surface area (Å²) in [6, 6.07) is 10.3. The van der Waals surface area contributed by atoms with Crippen molar-refractivity contribution in [1.29, 1.82) is 0 Å². The number of furan rings is 1. The summed E-state index contributed by atoms with van der Waals surface area (Å²) in [5.74, 6) is -0.0782. The number of quaternary nitrogens is 1. The molecule has 3 heterocycles. The van der Waals surface area contributed by atoms with Gasteiger partial charge in [-0.2, -0.15) is 0 Å². The Bertz CT molecular complexity index is 992. The van der Waals surface area contributed by atoms with Gasteiger partial charge in [-0.3, -0.25) is 4.79 Å². The number of nitrogens with one attached hydrogen (secondary N) is 2. The summed E-state index contributed by atoms with van der Waals surface area (Å²) in [6.45, 7) is 8.51. The molecule has 7 heteroatoms. The van der Waals surface area contributed by atoms with Crippen molar-refractivity contribution in [3.05, 3.63) is 70.2 Å². The highest BCUT2D eigenvalue weighted by Gasteiger charge is 2.25. The third-order valence-corrected chi connectivity index (χ3v) is 6.74. The molecule has 29 heavy (non-hydrogen) atoms. The largest absolute Gasteiger partial charge is 0.459 e. The Morgan fingerprint density at radius 2 is 1.97 bits per heavy atom. The molecular weight excluding hydrogens is 389 g/mol. The molecule has 0 bridgehead atoms. The second-order valence-electron chi connectivity index (χ2n) is 7.39. The van der Waals surface area contributed by atoms with Gasteiger partial charge in [-0.15, -0.1) is 11.3 Å². The number of nitrogens with zero attached hydrogens (tertiary/aromatic N) is 1. The van der Waals surface area contributed by atoms with Crippen molar-refractivity contribution in [2.75, 3.05) is 36.4 Å². The molecule has 1 aromatic carbocycles. The second kappa shape index (κ2) is 8.39. The minimum Gasteiger partial charge on any atom is -0.459 e. The van der Waals surface area contributed by atoms with Crippen molar-refractivity contribution in [2.24, 2.45) is 0 Å². The van der Waals surface area contributed by atoms with E-state index in [9.17, 15) is 9.18 Å². The van der Waals surface area contributed by atoms with Crippen LogP contribution >= 0.6 is 11.3 Å². The number of carbonyl (C=O) groups excluding carboxylic acids is 1. The van der Waals surface area contributed by atoms with Crippen LogP contribution in [0.2, 0.25) is 0 Å². The topological polar surface area (TPSA) is 49.9 Å². The van der Waals surface area contributed by atoms with Crippen LogP contribution in [-0.2, 0) is 6.54 Å². The maximum absolute atomic E-state index is 14.1. The van der Waals surface area contributed by atoms with Crippen LogP contribution in [0.3, 0.4) is 0 Å². The van der Waals surface area contributed by atoms with Gasteiger partial charge in [0.15, 0.2) is 5.76 Å². The van der Waals surface area contributed by atoms with Crippen molar-refractivity contribution in [3.63, 3.8) is 0 Å². The molecule has 0 radical (unpaired) electrons. The van der Waals surface area contributed by atoms with Crippen LogP contribution in [0.15, 0.2) is 47.1 Å². The first-order valence-corrected chi connectivity index (χ1v) is 10.6. The van der Waals surface area contributed by atoms with E-state index in [0.29, 0.717) is 11.4 Å². The van der Waals surface area contributed by atoms with Crippen LogP contribution in [0.5, 0.6) is 0 Å². The van der Waals surface area contributed by atoms with Crippen molar-refractivity contribution in [1.82, 2.24) is 0 Å². The van der Waals surface area contributed by atoms with Gasteiger partial charge in [0, 0.05) is 10.4 Å². The Hall–Kier alpha value is -2.64. The Balaban J connectivity index is 1.43.